The van der Waals surface area contributed by atoms with Crippen molar-refractivity contribution in [2.24, 2.45) is 0 Å². The Hall–Kier alpha value is -1.61. The molecule has 0 spiro atoms. The molecule has 3 heteroatoms. The molecule has 0 unspecified atom stereocenters. The summed E-state index contributed by atoms with van der Waals surface area (Å²) in [4.78, 5) is 1.21. The zero-order chi connectivity index (χ0) is 12.8. The Balaban J connectivity index is 2.01. The summed E-state index contributed by atoms with van der Waals surface area (Å²) in [7, 11) is 1.67. The van der Waals surface area contributed by atoms with Crippen molar-refractivity contribution in [2.45, 2.75) is 11.5 Å². The van der Waals surface area contributed by atoms with Crippen molar-refractivity contribution in [3.63, 3.8) is 0 Å². The summed E-state index contributed by atoms with van der Waals surface area (Å²) in [6.45, 7) is 0.551. The maximum Gasteiger partial charge on any atom is 0.120 e. The van der Waals surface area contributed by atoms with Gasteiger partial charge in [0.15, 0.2) is 0 Å². The molecule has 0 fully saturated rings. The van der Waals surface area contributed by atoms with E-state index in [-0.39, 0.29) is 0 Å². The largest absolute Gasteiger partial charge is 0.497 e. The van der Waals surface area contributed by atoms with Crippen LogP contribution in [0.3, 0.4) is 0 Å². The highest BCUT2D eigenvalue weighted by atomic mass is 32.2. The van der Waals surface area contributed by atoms with Crippen molar-refractivity contribution in [3.05, 3.63) is 54.1 Å². The van der Waals surface area contributed by atoms with E-state index >= 15 is 0 Å². The molecule has 0 N–H and O–H groups in total. The lowest BCUT2D eigenvalue weighted by Crippen LogP contribution is -1.96. The first-order valence-corrected chi connectivity index (χ1v) is 6.94. The van der Waals surface area contributed by atoms with Crippen molar-refractivity contribution in [3.8, 4) is 11.5 Å². The number of hydrogen-bond acceptors (Lipinski definition) is 3. The molecule has 2 aromatic carbocycles. The molecule has 2 aromatic rings. The molecular weight excluding hydrogens is 244 g/mol. The second kappa shape index (κ2) is 6.36. The van der Waals surface area contributed by atoms with E-state index in [0.29, 0.717) is 6.61 Å². The van der Waals surface area contributed by atoms with E-state index in [1.165, 1.54) is 4.90 Å². The first-order chi connectivity index (χ1) is 8.81. The predicted octanol–water partition coefficient (Wildman–Crippen LogP) is 4.00. The first-order valence-electron chi connectivity index (χ1n) is 5.71. The van der Waals surface area contributed by atoms with Gasteiger partial charge in [-0.15, -0.1) is 11.8 Å². The van der Waals surface area contributed by atoms with Gasteiger partial charge in [-0.05, 0) is 42.2 Å². The Morgan fingerprint density at radius 1 is 1.00 bits per heavy atom. The van der Waals surface area contributed by atoms with E-state index in [1.807, 2.05) is 42.5 Å². The van der Waals surface area contributed by atoms with Gasteiger partial charge in [-0.25, -0.2) is 0 Å². The van der Waals surface area contributed by atoms with Gasteiger partial charge in [0, 0.05) is 4.90 Å². The van der Waals surface area contributed by atoms with Crippen LogP contribution in [0.5, 0.6) is 11.5 Å². The van der Waals surface area contributed by atoms with E-state index in [0.717, 1.165) is 17.1 Å². The Morgan fingerprint density at radius 3 is 2.56 bits per heavy atom. The minimum atomic E-state index is 0.551. The summed E-state index contributed by atoms with van der Waals surface area (Å²) in [5.41, 5.74) is 1.10. The van der Waals surface area contributed by atoms with Gasteiger partial charge in [0.1, 0.15) is 18.1 Å². The van der Waals surface area contributed by atoms with Gasteiger partial charge in [0.2, 0.25) is 0 Å². The number of hydrogen-bond donors (Lipinski definition) is 0. The monoisotopic (exact) mass is 260 g/mol. The molecule has 0 saturated heterocycles. The standard InChI is InChI=1S/C15H16O2S/c1-16-13-6-3-5-12(9-13)11-17-14-7-4-8-15(10-14)18-2/h3-10H,11H2,1-2H3. The van der Waals surface area contributed by atoms with Crippen molar-refractivity contribution >= 4 is 11.8 Å². The van der Waals surface area contributed by atoms with Crippen molar-refractivity contribution < 1.29 is 9.47 Å². The molecule has 0 aliphatic carbocycles. The van der Waals surface area contributed by atoms with E-state index in [4.69, 9.17) is 9.47 Å². The molecule has 18 heavy (non-hydrogen) atoms. The van der Waals surface area contributed by atoms with Crippen LogP contribution >= 0.6 is 11.8 Å². The van der Waals surface area contributed by atoms with Gasteiger partial charge in [0.05, 0.1) is 7.11 Å². The number of rotatable bonds is 5. The van der Waals surface area contributed by atoms with E-state index in [1.54, 1.807) is 18.9 Å². The molecule has 0 radical (unpaired) electrons. The number of thioether (sulfide) groups is 1. The fourth-order valence-electron chi connectivity index (χ4n) is 1.62. The van der Waals surface area contributed by atoms with E-state index < -0.39 is 0 Å². The minimum absolute atomic E-state index is 0.551. The smallest absolute Gasteiger partial charge is 0.120 e. The highest BCUT2D eigenvalue weighted by molar-refractivity contribution is 7.98. The maximum atomic E-state index is 5.77. The highest BCUT2D eigenvalue weighted by Crippen LogP contribution is 2.22. The summed E-state index contributed by atoms with van der Waals surface area (Å²) < 4.78 is 10.9. The quantitative estimate of drug-likeness (QED) is 0.757. The molecular formula is C15H16O2S. The minimum Gasteiger partial charge on any atom is -0.497 e. The van der Waals surface area contributed by atoms with Gasteiger partial charge >= 0.3 is 0 Å². The summed E-state index contributed by atoms with van der Waals surface area (Å²) in [5.74, 6) is 1.75. The van der Waals surface area contributed by atoms with Crippen LogP contribution in [-0.2, 0) is 6.61 Å². The predicted molar refractivity (Wildman–Crippen MR) is 75.5 cm³/mol. The molecule has 0 aromatic heterocycles. The molecule has 2 rings (SSSR count). The first kappa shape index (κ1) is 12.8. The van der Waals surface area contributed by atoms with Crippen LogP contribution in [0.4, 0.5) is 0 Å². The number of ether oxygens (including phenoxy) is 2. The third-order valence-electron chi connectivity index (χ3n) is 2.58. The number of methoxy groups -OCH3 is 1. The number of benzene rings is 2. The van der Waals surface area contributed by atoms with Gasteiger partial charge in [-0.1, -0.05) is 18.2 Å². The second-order valence-electron chi connectivity index (χ2n) is 3.82. The van der Waals surface area contributed by atoms with Crippen molar-refractivity contribution in [1.29, 1.82) is 0 Å². The van der Waals surface area contributed by atoms with Crippen LogP contribution in [-0.4, -0.2) is 13.4 Å². The zero-order valence-corrected chi connectivity index (χ0v) is 11.4. The Morgan fingerprint density at radius 2 is 1.78 bits per heavy atom. The van der Waals surface area contributed by atoms with Crippen LogP contribution in [0, 0.1) is 0 Å². The van der Waals surface area contributed by atoms with Crippen LogP contribution < -0.4 is 9.47 Å². The van der Waals surface area contributed by atoms with Crippen molar-refractivity contribution in [2.75, 3.05) is 13.4 Å². The van der Waals surface area contributed by atoms with Gasteiger partial charge < -0.3 is 9.47 Å². The SMILES string of the molecule is COc1cccc(COc2cccc(SC)c2)c1. The molecule has 0 atom stereocenters. The summed E-state index contributed by atoms with van der Waals surface area (Å²) in [6.07, 6.45) is 2.06. The fourth-order valence-corrected chi connectivity index (χ4v) is 2.07. The molecule has 2 nitrogen and oxygen atoms in total. The van der Waals surface area contributed by atoms with Crippen LogP contribution in [0.25, 0.3) is 0 Å². The molecule has 0 bridgehead atoms. The average molecular weight is 260 g/mol. The lowest BCUT2D eigenvalue weighted by atomic mass is 10.2. The average Bonchev–Trinajstić information content (AvgIpc) is 2.45. The van der Waals surface area contributed by atoms with Crippen LogP contribution in [0.2, 0.25) is 0 Å². The van der Waals surface area contributed by atoms with E-state index in [9.17, 15) is 0 Å². The Bertz CT molecular complexity index is 464. The Kier molecular flexibility index (Phi) is 4.53. The highest BCUT2D eigenvalue weighted by Gasteiger charge is 1.99. The van der Waals surface area contributed by atoms with Crippen LogP contribution in [0.1, 0.15) is 5.56 Å². The third-order valence-corrected chi connectivity index (χ3v) is 3.31. The molecule has 0 saturated carbocycles. The molecule has 0 heterocycles. The lowest BCUT2D eigenvalue weighted by Gasteiger charge is -2.08. The third kappa shape index (κ3) is 3.44. The zero-order valence-electron chi connectivity index (χ0n) is 10.6. The summed E-state index contributed by atoms with van der Waals surface area (Å²) >= 11 is 1.71. The molecule has 0 aliphatic rings. The topological polar surface area (TPSA) is 18.5 Å². The van der Waals surface area contributed by atoms with Gasteiger partial charge in [0.25, 0.3) is 0 Å². The fraction of sp³-hybridized carbons (Fsp3) is 0.200. The lowest BCUT2D eigenvalue weighted by molar-refractivity contribution is 0.304. The van der Waals surface area contributed by atoms with Crippen LogP contribution in [0.15, 0.2) is 53.4 Å². The van der Waals surface area contributed by atoms with Gasteiger partial charge in [-0.2, -0.15) is 0 Å². The molecule has 94 valence electrons. The summed E-state index contributed by atoms with van der Waals surface area (Å²) in [5, 5.41) is 0. The van der Waals surface area contributed by atoms with Crippen molar-refractivity contribution in [1.82, 2.24) is 0 Å². The maximum absolute atomic E-state index is 5.77. The molecule has 0 aliphatic heterocycles. The second-order valence-corrected chi connectivity index (χ2v) is 4.70. The summed E-state index contributed by atoms with van der Waals surface area (Å²) in [6, 6.07) is 16.0. The normalized spacial score (nSPS) is 10.1. The molecule has 0 amide bonds. The Labute approximate surface area is 112 Å². The van der Waals surface area contributed by atoms with Gasteiger partial charge in [-0.3, -0.25) is 0 Å². The van der Waals surface area contributed by atoms with E-state index in [2.05, 4.69) is 12.3 Å².